The molecule has 2 N–H and O–H groups in total. The van der Waals surface area contributed by atoms with Crippen molar-refractivity contribution in [1.29, 1.82) is 0 Å². The number of halogens is 1. The third kappa shape index (κ3) is 3.22. The van der Waals surface area contributed by atoms with Crippen molar-refractivity contribution >= 4 is 23.4 Å². The predicted molar refractivity (Wildman–Crippen MR) is 83.6 cm³/mol. The van der Waals surface area contributed by atoms with E-state index >= 15 is 0 Å². The van der Waals surface area contributed by atoms with Crippen molar-refractivity contribution in [3.8, 4) is 0 Å². The van der Waals surface area contributed by atoms with Crippen LogP contribution in [0, 0.1) is 0 Å². The van der Waals surface area contributed by atoms with Crippen LogP contribution >= 0.6 is 11.6 Å². The van der Waals surface area contributed by atoms with Gasteiger partial charge in [0.2, 0.25) is 5.95 Å². The van der Waals surface area contributed by atoms with Crippen LogP contribution in [0.4, 0.5) is 11.8 Å². The first-order valence-electron chi connectivity index (χ1n) is 6.89. The monoisotopic (exact) mass is 304 g/mol. The lowest BCUT2D eigenvalue weighted by molar-refractivity contribution is 0.634. The van der Waals surface area contributed by atoms with Crippen molar-refractivity contribution in [2.45, 2.75) is 6.54 Å². The van der Waals surface area contributed by atoms with E-state index in [1.54, 1.807) is 12.4 Å². The Hall–Kier alpha value is -1.92. The quantitative estimate of drug-likeness (QED) is 0.922. The number of hydrogen-bond acceptors (Lipinski definition) is 6. The minimum atomic E-state index is 0.523. The summed E-state index contributed by atoms with van der Waals surface area (Å²) in [6.07, 6.45) is 5.09. The molecule has 0 bridgehead atoms. The molecule has 2 aromatic rings. The molecule has 21 heavy (non-hydrogen) atoms. The van der Waals surface area contributed by atoms with Gasteiger partial charge >= 0.3 is 0 Å². The summed E-state index contributed by atoms with van der Waals surface area (Å²) in [4.78, 5) is 17.4. The van der Waals surface area contributed by atoms with Gasteiger partial charge in [-0.1, -0.05) is 17.7 Å². The average Bonchev–Trinajstić information content (AvgIpc) is 2.56. The average molecular weight is 305 g/mol. The van der Waals surface area contributed by atoms with Crippen LogP contribution in [-0.4, -0.2) is 41.1 Å². The lowest BCUT2D eigenvalue weighted by Crippen LogP contribution is -2.47. The number of nitrogens with two attached hydrogens (primary N) is 1. The van der Waals surface area contributed by atoms with Gasteiger partial charge in [-0.3, -0.25) is 0 Å². The summed E-state index contributed by atoms with van der Waals surface area (Å²) < 4.78 is 0. The minimum absolute atomic E-state index is 0.523. The van der Waals surface area contributed by atoms with Gasteiger partial charge in [-0.15, -0.1) is 0 Å². The molecule has 0 atom stereocenters. The molecule has 3 rings (SSSR count). The number of anilines is 2. The van der Waals surface area contributed by atoms with E-state index in [0.29, 0.717) is 11.6 Å². The minimum Gasteiger partial charge on any atom is -0.353 e. The lowest BCUT2D eigenvalue weighted by Gasteiger charge is -2.35. The van der Waals surface area contributed by atoms with Crippen LogP contribution in [0.25, 0.3) is 0 Å². The summed E-state index contributed by atoms with van der Waals surface area (Å²) in [5.74, 6) is 1.72. The zero-order valence-electron chi connectivity index (χ0n) is 11.6. The second kappa shape index (κ2) is 6.24. The molecule has 2 aromatic heterocycles. The maximum absolute atomic E-state index is 5.81. The topological polar surface area (TPSA) is 71.2 Å². The summed E-state index contributed by atoms with van der Waals surface area (Å²) in [5, 5.41) is 0.557. The van der Waals surface area contributed by atoms with Crippen molar-refractivity contribution in [1.82, 2.24) is 15.0 Å². The number of aromatic nitrogens is 3. The second-order valence-corrected chi connectivity index (χ2v) is 5.34. The maximum Gasteiger partial charge on any atom is 0.225 e. The van der Waals surface area contributed by atoms with Gasteiger partial charge in [0.1, 0.15) is 5.82 Å². The van der Waals surface area contributed by atoms with Crippen molar-refractivity contribution in [3.63, 3.8) is 0 Å². The van der Waals surface area contributed by atoms with Crippen molar-refractivity contribution in [2.75, 3.05) is 36.0 Å². The molecule has 1 aliphatic heterocycles. The standard InChI is InChI=1S/C14H17ClN6/c15-12-9-18-14(19-10-12)21-5-3-20(4-6-21)13-2-1-11(7-16)8-17-13/h1-2,8-10H,3-7,16H2. The Morgan fingerprint density at radius 2 is 1.62 bits per heavy atom. The molecule has 0 unspecified atom stereocenters. The molecule has 110 valence electrons. The molecule has 0 amide bonds. The zero-order valence-corrected chi connectivity index (χ0v) is 12.4. The van der Waals surface area contributed by atoms with Crippen LogP contribution < -0.4 is 15.5 Å². The molecule has 0 spiro atoms. The normalized spacial score (nSPS) is 15.3. The van der Waals surface area contributed by atoms with Gasteiger partial charge in [0, 0.05) is 38.9 Å². The summed E-state index contributed by atoms with van der Waals surface area (Å²) in [6.45, 7) is 4.03. The van der Waals surface area contributed by atoms with Gasteiger partial charge in [-0.05, 0) is 11.6 Å². The zero-order chi connectivity index (χ0) is 14.7. The van der Waals surface area contributed by atoms with Crippen LogP contribution in [0.2, 0.25) is 5.02 Å². The Kier molecular flexibility index (Phi) is 4.17. The molecule has 6 nitrogen and oxygen atoms in total. The van der Waals surface area contributed by atoms with Crippen LogP contribution in [0.3, 0.4) is 0 Å². The fourth-order valence-corrected chi connectivity index (χ4v) is 2.43. The van der Waals surface area contributed by atoms with Gasteiger partial charge < -0.3 is 15.5 Å². The van der Waals surface area contributed by atoms with E-state index in [4.69, 9.17) is 17.3 Å². The summed E-state index contributed by atoms with van der Waals surface area (Å²) in [5.41, 5.74) is 6.64. The maximum atomic E-state index is 5.81. The third-order valence-corrected chi connectivity index (χ3v) is 3.73. The smallest absolute Gasteiger partial charge is 0.225 e. The van der Waals surface area contributed by atoms with E-state index in [1.165, 1.54) is 0 Å². The van der Waals surface area contributed by atoms with Gasteiger partial charge in [0.25, 0.3) is 0 Å². The van der Waals surface area contributed by atoms with Crippen LogP contribution in [0.1, 0.15) is 5.56 Å². The van der Waals surface area contributed by atoms with E-state index in [-0.39, 0.29) is 0 Å². The molecule has 1 fully saturated rings. The third-order valence-electron chi connectivity index (χ3n) is 3.54. The van der Waals surface area contributed by atoms with Crippen molar-refractivity contribution in [3.05, 3.63) is 41.3 Å². The van der Waals surface area contributed by atoms with Crippen LogP contribution in [0.15, 0.2) is 30.7 Å². The SMILES string of the molecule is NCc1ccc(N2CCN(c3ncc(Cl)cn3)CC2)nc1. The number of pyridine rings is 1. The Morgan fingerprint density at radius 1 is 0.952 bits per heavy atom. The molecule has 3 heterocycles. The highest BCUT2D eigenvalue weighted by Crippen LogP contribution is 2.17. The first kappa shape index (κ1) is 14.0. The van der Waals surface area contributed by atoms with Gasteiger partial charge in [0.15, 0.2) is 0 Å². The number of hydrogen-bond donors (Lipinski definition) is 1. The molecule has 1 aliphatic rings. The first-order valence-corrected chi connectivity index (χ1v) is 7.26. The van der Waals surface area contributed by atoms with Gasteiger partial charge in [0.05, 0.1) is 17.4 Å². The Labute approximate surface area is 128 Å². The Bertz CT molecular complexity index is 577. The first-order chi connectivity index (χ1) is 10.3. The van der Waals surface area contributed by atoms with Gasteiger partial charge in [-0.2, -0.15) is 0 Å². The summed E-state index contributed by atoms with van der Waals surface area (Å²) in [6, 6.07) is 4.05. The largest absolute Gasteiger partial charge is 0.353 e. The van der Waals surface area contributed by atoms with E-state index in [1.807, 2.05) is 18.3 Å². The fourth-order valence-electron chi connectivity index (χ4n) is 2.33. The molecule has 7 heteroatoms. The van der Waals surface area contributed by atoms with Crippen LogP contribution in [-0.2, 0) is 6.54 Å². The van der Waals surface area contributed by atoms with E-state index in [0.717, 1.165) is 43.5 Å². The number of rotatable bonds is 3. The molecule has 0 aromatic carbocycles. The van der Waals surface area contributed by atoms with Crippen molar-refractivity contribution < 1.29 is 0 Å². The fraction of sp³-hybridized carbons (Fsp3) is 0.357. The Balaban J connectivity index is 1.62. The van der Waals surface area contributed by atoms with Crippen LogP contribution in [0.5, 0.6) is 0 Å². The number of nitrogens with zero attached hydrogens (tertiary/aromatic N) is 5. The van der Waals surface area contributed by atoms with Gasteiger partial charge in [-0.25, -0.2) is 15.0 Å². The highest BCUT2D eigenvalue weighted by molar-refractivity contribution is 6.30. The van der Waals surface area contributed by atoms with E-state index < -0.39 is 0 Å². The molecular formula is C14H17ClN6. The van der Waals surface area contributed by atoms with E-state index in [2.05, 4.69) is 24.8 Å². The second-order valence-electron chi connectivity index (χ2n) is 4.90. The van der Waals surface area contributed by atoms with E-state index in [9.17, 15) is 0 Å². The number of piperazine rings is 1. The highest BCUT2D eigenvalue weighted by Gasteiger charge is 2.19. The molecule has 0 saturated carbocycles. The summed E-state index contributed by atoms with van der Waals surface area (Å²) >= 11 is 5.81. The molecular weight excluding hydrogens is 288 g/mol. The summed E-state index contributed by atoms with van der Waals surface area (Å²) in [7, 11) is 0. The Morgan fingerprint density at radius 3 is 2.19 bits per heavy atom. The highest BCUT2D eigenvalue weighted by atomic mass is 35.5. The lowest BCUT2D eigenvalue weighted by atomic mass is 10.2. The molecule has 1 saturated heterocycles. The van der Waals surface area contributed by atoms with Crippen molar-refractivity contribution in [2.24, 2.45) is 5.73 Å². The predicted octanol–water partition coefficient (Wildman–Crippen LogP) is 1.31. The molecule has 0 aliphatic carbocycles. The molecule has 0 radical (unpaired) electrons.